The number of hydrogen-bond donors (Lipinski definition) is 2. The van der Waals surface area contributed by atoms with Gasteiger partial charge in [0.05, 0.1) is 12.3 Å². The molecule has 0 aliphatic heterocycles. The predicted octanol–water partition coefficient (Wildman–Crippen LogP) is 3.09. The first-order valence-corrected chi connectivity index (χ1v) is 8.00. The Morgan fingerprint density at radius 3 is 2.71 bits per heavy atom. The van der Waals surface area contributed by atoms with Crippen molar-refractivity contribution in [2.75, 3.05) is 6.61 Å². The number of aliphatic hydroxyl groups is 1. The molecule has 21 heavy (non-hydrogen) atoms. The monoisotopic (exact) mass is 305 g/mol. The van der Waals surface area contributed by atoms with Crippen molar-refractivity contribution in [2.24, 2.45) is 5.41 Å². The van der Waals surface area contributed by atoms with Crippen molar-refractivity contribution in [3.05, 3.63) is 35.5 Å². The average molecular weight is 305 g/mol. The predicted molar refractivity (Wildman–Crippen MR) is 87.1 cm³/mol. The first kappa shape index (κ1) is 16.1. The molecule has 2 N–H and O–H groups in total. The lowest BCUT2D eigenvalue weighted by Gasteiger charge is -2.25. The van der Waals surface area contributed by atoms with Crippen LogP contribution in [0.3, 0.4) is 0 Å². The largest absolute Gasteiger partial charge is 0.395 e. The van der Waals surface area contributed by atoms with Gasteiger partial charge in [-0.1, -0.05) is 26.8 Å². The maximum absolute atomic E-state index is 9.47. The van der Waals surface area contributed by atoms with Crippen molar-refractivity contribution in [1.82, 2.24) is 15.3 Å². The van der Waals surface area contributed by atoms with Gasteiger partial charge in [0.15, 0.2) is 0 Å². The van der Waals surface area contributed by atoms with Crippen molar-refractivity contribution >= 4 is 11.3 Å². The Kier molecular flexibility index (Phi) is 5.45. The van der Waals surface area contributed by atoms with Gasteiger partial charge in [0.1, 0.15) is 5.01 Å². The van der Waals surface area contributed by atoms with E-state index in [-0.39, 0.29) is 18.1 Å². The smallest absolute Gasteiger partial charge is 0.142 e. The summed E-state index contributed by atoms with van der Waals surface area (Å²) in [5.41, 5.74) is 1.11. The lowest BCUT2D eigenvalue weighted by atomic mass is 9.88. The van der Waals surface area contributed by atoms with Crippen LogP contribution in [0, 0.1) is 5.41 Å². The van der Waals surface area contributed by atoms with E-state index in [0.29, 0.717) is 0 Å². The summed E-state index contributed by atoms with van der Waals surface area (Å²) in [5.74, 6) is 0. The van der Waals surface area contributed by atoms with Crippen LogP contribution in [0.25, 0.3) is 10.7 Å². The Morgan fingerprint density at radius 2 is 2.10 bits per heavy atom. The molecule has 1 unspecified atom stereocenters. The van der Waals surface area contributed by atoms with Crippen molar-refractivity contribution in [2.45, 2.75) is 39.8 Å². The van der Waals surface area contributed by atoms with E-state index in [9.17, 15) is 5.11 Å². The molecule has 2 aromatic rings. The van der Waals surface area contributed by atoms with Crippen LogP contribution in [0.1, 0.15) is 32.1 Å². The lowest BCUT2D eigenvalue weighted by Crippen LogP contribution is -2.35. The van der Waals surface area contributed by atoms with E-state index in [0.717, 1.165) is 28.5 Å². The fraction of sp³-hybridized carbons (Fsp3) is 0.500. The number of hydrogen-bond acceptors (Lipinski definition) is 5. The third kappa shape index (κ3) is 5.19. The summed E-state index contributed by atoms with van der Waals surface area (Å²) in [6.45, 7) is 7.44. The normalized spacial score (nSPS) is 13.3. The highest BCUT2D eigenvalue weighted by Gasteiger charge is 2.18. The van der Waals surface area contributed by atoms with E-state index in [1.807, 2.05) is 24.4 Å². The van der Waals surface area contributed by atoms with Crippen LogP contribution in [0.2, 0.25) is 0 Å². The maximum atomic E-state index is 9.47. The Balaban J connectivity index is 1.94. The number of thiazole rings is 1. The van der Waals surface area contributed by atoms with E-state index in [2.05, 4.69) is 36.1 Å². The third-order valence-corrected chi connectivity index (χ3v) is 4.10. The molecule has 2 heterocycles. The zero-order valence-electron chi connectivity index (χ0n) is 12.8. The first-order valence-electron chi connectivity index (χ1n) is 7.18. The molecule has 114 valence electrons. The highest BCUT2D eigenvalue weighted by molar-refractivity contribution is 7.14. The minimum absolute atomic E-state index is 0.116. The topological polar surface area (TPSA) is 58.0 Å². The van der Waals surface area contributed by atoms with E-state index in [1.165, 1.54) is 0 Å². The summed E-state index contributed by atoms with van der Waals surface area (Å²) >= 11 is 1.64. The second kappa shape index (κ2) is 7.11. The van der Waals surface area contributed by atoms with Gasteiger partial charge in [0, 0.05) is 29.9 Å². The Hall–Kier alpha value is -1.30. The van der Waals surface area contributed by atoms with Gasteiger partial charge in [-0.3, -0.25) is 4.98 Å². The molecule has 0 aliphatic rings. The fourth-order valence-corrected chi connectivity index (χ4v) is 3.02. The van der Waals surface area contributed by atoms with Crippen LogP contribution >= 0.6 is 11.3 Å². The fourth-order valence-electron chi connectivity index (χ4n) is 2.18. The summed E-state index contributed by atoms with van der Waals surface area (Å²) in [5, 5.41) is 13.8. The Labute approximate surface area is 130 Å². The summed E-state index contributed by atoms with van der Waals surface area (Å²) in [4.78, 5) is 9.88. The number of nitrogens with zero attached hydrogens (tertiary/aromatic N) is 2. The summed E-state index contributed by atoms with van der Waals surface area (Å²) in [6, 6.07) is 5.95. The molecule has 0 spiro atoms. The lowest BCUT2D eigenvalue weighted by molar-refractivity contribution is 0.198. The van der Waals surface area contributed by atoms with Crippen LogP contribution in [-0.4, -0.2) is 27.7 Å². The van der Waals surface area contributed by atoms with E-state index < -0.39 is 0 Å². The molecule has 2 aromatic heterocycles. The highest BCUT2D eigenvalue weighted by atomic mass is 32.1. The quantitative estimate of drug-likeness (QED) is 0.861. The van der Waals surface area contributed by atoms with Crippen LogP contribution < -0.4 is 5.32 Å². The molecule has 0 aromatic carbocycles. The molecule has 0 saturated heterocycles. The zero-order chi connectivity index (χ0) is 15.3. The molecule has 0 saturated carbocycles. The Morgan fingerprint density at radius 1 is 1.29 bits per heavy atom. The van der Waals surface area contributed by atoms with Gasteiger partial charge in [-0.05, 0) is 24.0 Å². The summed E-state index contributed by atoms with van der Waals surface area (Å²) < 4.78 is 0. The molecule has 0 radical (unpaired) electrons. The number of nitrogens with one attached hydrogen (secondary N) is 1. The number of pyridine rings is 1. The second-order valence-electron chi connectivity index (χ2n) is 6.37. The molecule has 0 aliphatic carbocycles. The van der Waals surface area contributed by atoms with E-state index >= 15 is 0 Å². The first-order chi connectivity index (χ1) is 9.98. The number of rotatable bonds is 6. The summed E-state index contributed by atoms with van der Waals surface area (Å²) in [7, 11) is 0. The molecular formula is C16H23N3OS. The van der Waals surface area contributed by atoms with Gasteiger partial charge in [-0.2, -0.15) is 0 Å². The SMILES string of the molecule is CC(C)(C)CC(CO)NCc1cnc(-c2ccccn2)s1. The van der Waals surface area contributed by atoms with Crippen LogP contribution in [-0.2, 0) is 6.54 Å². The van der Waals surface area contributed by atoms with Crippen molar-refractivity contribution in [3.8, 4) is 10.7 Å². The molecule has 5 heteroatoms. The van der Waals surface area contributed by atoms with Gasteiger partial charge < -0.3 is 10.4 Å². The highest BCUT2D eigenvalue weighted by Crippen LogP contribution is 2.24. The summed E-state index contributed by atoms with van der Waals surface area (Å²) in [6.07, 6.45) is 4.60. The molecular weight excluding hydrogens is 282 g/mol. The average Bonchev–Trinajstić information content (AvgIpc) is 2.92. The maximum Gasteiger partial charge on any atom is 0.142 e. The number of aromatic nitrogens is 2. The minimum Gasteiger partial charge on any atom is -0.395 e. The molecule has 0 amide bonds. The van der Waals surface area contributed by atoms with Crippen molar-refractivity contribution in [1.29, 1.82) is 0 Å². The van der Waals surface area contributed by atoms with Crippen LogP contribution in [0.5, 0.6) is 0 Å². The van der Waals surface area contributed by atoms with E-state index in [1.54, 1.807) is 17.5 Å². The van der Waals surface area contributed by atoms with Crippen molar-refractivity contribution in [3.63, 3.8) is 0 Å². The molecule has 0 fully saturated rings. The zero-order valence-corrected chi connectivity index (χ0v) is 13.7. The minimum atomic E-state index is 0.116. The molecule has 1 atom stereocenters. The van der Waals surface area contributed by atoms with Crippen molar-refractivity contribution < 1.29 is 5.11 Å². The molecule has 2 rings (SSSR count). The van der Waals surface area contributed by atoms with Gasteiger partial charge in [-0.25, -0.2) is 4.98 Å². The Bertz CT molecular complexity index is 548. The van der Waals surface area contributed by atoms with Gasteiger partial charge >= 0.3 is 0 Å². The molecule has 4 nitrogen and oxygen atoms in total. The van der Waals surface area contributed by atoms with Crippen LogP contribution in [0.4, 0.5) is 0 Å². The van der Waals surface area contributed by atoms with Crippen LogP contribution in [0.15, 0.2) is 30.6 Å². The number of aliphatic hydroxyl groups excluding tert-OH is 1. The third-order valence-electron chi connectivity index (χ3n) is 3.08. The van der Waals surface area contributed by atoms with E-state index in [4.69, 9.17) is 0 Å². The van der Waals surface area contributed by atoms with Gasteiger partial charge in [0.25, 0.3) is 0 Å². The van der Waals surface area contributed by atoms with Gasteiger partial charge in [0.2, 0.25) is 0 Å². The second-order valence-corrected chi connectivity index (χ2v) is 7.49. The standard InChI is InChI=1S/C16H23N3OS/c1-16(2,3)8-12(11-20)18-9-13-10-19-15(21-13)14-6-4-5-7-17-14/h4-7,10,12,18,20H,8-9,11H2,1-3H3. The molecule has 0 bridgehead atoms. The van der Waals surface area contributed by atoms with Gasteiger partial charge in [-0.15, -0.1) is 11.3 Å².